The van der Waals surface area contributed by atoms with E-state index in [0.29, 0.717) is 5.57 Å². The lowest BCUT2D eigenvalue weighted by atomic mass is 10.0. The van der Waals surface area contributed by atoms with Gasteiger partial charge < -0.3 is 4.90 Å². The van der Waals surface area contributed by atoms with Crippen molar-refractivity contribution in [1.29, 1.82) is 0 Å². The highest BCUT2D eigenvalue weighted by Gasteiger charge is 2.38. The zero-order chi connectivity index (χ0) is 19.7. The Morgan fingerprint density at radius 1 is 1.25 bits per heavy atom. The van der Waals surface area contributed by atoms with Crippen molar-refractivity contribution in [3.05, 3.63) is 64.1 Å². The molecule has 0 bridgehead atoms. The van der Waals surface area contributed by atoms with Crippen molar-refractivity contribution in [1.82, 2.24) is 4.90 Å². The minimum Gasteiger partial charge on any atom is -0.339 e. The maximum Gasteiger partial charge on any atom is 0.425 e. The van der Waals surface area contributed by atoms with Crippen molar-refractivity contribution < 1.29 is 14.2 Å². The summed E-state index contributed by atoms with van der Waals surface area (Å²) in [6, 6.07) is 8.14. The summed E-state index contributed by atoms with van der Waals surface area (Å²) in [7, 11) is 1.80. The van der Waals surface area contributed by atoms with Gasteiger partial charge in [0.2, 0.25) is 5.71 Å². The van der Waals surface area contributed by atoms with Gasteiger partial charge in [-0.2, -0.15) is 4.58 Å². The van der Waals surface area contributed by atoms with Crippen LogP contribution in [0, 0.1) is 6.92 Å². The topological polar surface area (TPSA) is 40.4 Å². The fourth-order valence-electron chi connectivity index (χ4n) is 3.86. The molecule has 2 aliphatic heterocycles. The molecular formula is C23H25N2O2S+. The van der Waals surface area contributed by atoms with E-state index in [4.69, 9.17) is 0 Å². The number of rotatable bonds is 2. The highest BCUT2D eigenvalue weighted by Crippen LogP contribution is 2.33. The summed E-state index contributed by atoms with van der Waals surface area (Å²) in [6.07, 6.45) is 11.2. The smallest absolute Gasteiger partial charge is 0.339 e. The van der Waals surface area contributed by atoms with Crippen LogP contribution < -0.4 is 0 Å². The van der Waals surface area contributed by atoms with E-state index < -0.39 is 0 Å². The molecule has 1 fully saturated rings. The number of piperidine rings is 1. The Morgan fingerprint density at radius 3 is 2.79 bits per heavy atom. The molecule has 0 spiro atoms. The minimum absolute atomic E-state index is 0.0194. The molecule has 1 saturated heterocycles. The van der Waals surface area contributed by atoms with Gasteiger partial charge in [-0.15, -0.1) is 0 Å². The predicted molar refractivity (Wildman–Crippen MR) is 114 cm³/mol. The average molecular weight is 394 g/mol. The second-order valence-corrected chi connectivity index (χ2v) is 8.75. The van der Waals surface area contributed by atoms with E-state index >= 15 is 0 Å². The fourth-order valence-corrected chi connectivity index (χ4v) is 5.08. The predicted octanol–water partition coefficient (Wildman–Crippen LogP) is 3.57. The molecule has 1 unspecified atom stereocenters. The number of benzene rings is 1. The summed E-state index contributed by atoms with van der Waals surface area (Å²) in [4.78, 5) is 28.4. The lowest BCUT2D eigenvalue weighted by molar-refractivity contribution is -0.413. The molecule has 2 amide bonds. The zero-order valence-electron chi connectivity index (χ0n) is 16.4. The van der Waals surface area contributed by atoms with Gasteiger partial charge in [-0.1, -0.05) is 53.7 Å². The molecule has 2 heterocycles. The molecule has 4 nitrogen and oxygen atoms in total. The van der Waals surface area contributed by atoms with Gasteiger partial charge in [0.25, 0.3) is 5.91 Å². The molecule has 0 N–H and O–H groups in total. The zero-order valence-corrected chi connectivity index (χ0v) is 17.2. The first kappa shape index (κ1) is 18.9. The van der Waals surface area contributed by atoms with Crippen molar-refractivity contribution in [3.8, 4) is 0 Å². The van der Waals surface area contributed by atoms with Crippen LogP contribution in [-0.4, -0.2) is 52.4 Å². The molecule has 3 aliphatic rings. The normalized spacial score (nSPS) is 23.7. The summed E-state index contributed by atoms with van der Waals surface area (Å²) in [6.45, 7) is 3.71. The minimum atomic E-state index is -0.0194. The fraction of sp³-hybridized carbons (Fsp3) is 0.348. The molecule has 28 heavy (non-hydrogen) atoms. The lowest BCUT2D eigenvalue weighted by Crippen LogP contribution is -2.39. The summed E-state index contributed by atoms with van der Waals surface area (Å²) in [5.41, 5.74) is 3.77. The van der Waals surface area contributed by atoms with Crippen LogP contribution in [0.4, 0.5) is 0 Å². The Labute approximate surface area is 170 Å². The largest absolute Gasteiger partial charge is 0.425 e. The first-order valence-electron chi connectivity index (χ1n) is 9.82. The summed E-state index contributed by atoms with van der Waals surface area (Å²) in [5, 5.41) is 0.0525. The third kappa shape index (κ3) is 3.76. The van der Waals surface area contributed by atoms with E-state index in [0.717, 1.165) is 42.1 Å². The van der Waals surface area contributed by atoms with Gasteiger partial charge in [-0.3, -0.25) is 4.79 Å². The number of nitrogens with zero attached hydrogens (tertiary/aromatic N) is 2. The van der Waals surface area contributed by atoms with Crippen LogP contribution in [0.2, 0.25) is 0 Å². The molecule has 1 aliphatic carbocycles. The molecule has 0 saturated carbocycles. The maximum absolute atomic E-state index is 12.9. The van der Waals surface area contributed by atoms with Gasteiger partial charge in [-0.05, 0) is 37.8 Å². The lowest BCUT2D eigenvalue weighted by Gasteiger charge is -2.28. The third-order valence-corrected chi connectivity index (χ3v) is 6.63. The van der Waals surface area contributed by atoms with Gasteiger partial charge in [0.05, 0.1) is 0 Å². The Morgan fingerprint density at radius 2 is 2.04 bits per heavy atom. The second kappa shape index (κ2) is 7.92. The van der Waals surface area contributed by atoms with Gasteiger partial charge in [0.1, 0.15) is 17.2 Å². The van der Waals surface area contributed by atoms with Crippen molar-refractivity contribution in [3.63, 3.8) is 0 Å². The number of carbonyl (C=O) groups is 2. The Hall–Kier alpha value is -2.40. The first-order valence-corrected chi connectivity index (χ1v) is 10.7. The van der Waals surface area contributed by atoms with Gasteiger partial charge in [0, 0.05) is 24.7 Å². The van der Waals surface area contributed by atoms with Crippen LogP contribution in [0.1, 0.15) is 30.4 Å². The molecule has 0 radical (unpaired) electrons. The van der Waals surface area contributed by atoms with Gasteiger partial charge in [-0.25, -0.2) is 4.79 Å². The van der Waals surface area contributed by atoms with Crippen LogP contribution in [0.15, 0.2) is 53.0 Å². The number of likely N-dealkylation sites (tertiary alicyclic amines) is 1. The van der Waals surface area contributed by atoms with Crippen molar-refractivity contribution in [2.24, 2.45) is 0 Å². The van der Waals surface area contributed by atoms with Crippen LogP contribution >= 0.6 is 11.8 Å². The van der Waals surface area contributed by atoms with E-state index in [2.05, 4.69) is 6.07 Å². The van der Waals surface area contributed by atoms with Crippen molar-refractivity contribution >= 4 is 35.4 Å². The standard InChI is InChI=1S/C23H25N2O2S/c1-16-7-6-8-17(13-16)14-21-23(27)24(2)19-15-18(9-10-20(19)28-21)22(26)25-11-4-3-5-12-25/h6-10,13-15,20H,3-5,11-12H2,1-2H3/q+1/b21-14-. The third-order valence-electron chi connectivity index (χ3n) is 5.43. The van der Waals surface area contributed by atoms with Crippen LogP contribution in [-0.2, 0) is 9.59 Å². The summed E-state index contributed by atoms with van der Waals surface area (Å²) in [5.74, 6) is 0.0583. The van der Waals surface area contributed by atoms with Gasteiger partial charge >= 0.3 is 5.91 Å². The highest BCUT2D eigenvalue weighted by atomic mass is 32.2. The Kier molecular flexibility index (Phi) is 5.36. The Balaban J connectivity index is 1.61. The molecular weight excluding hydrogens is 368 g/mol. The highest BCUT2D eigenvalue weighted by molar-refractivity contribution is 8.05. The second-order valence-electron chi connectivity index (χ2n) is 7.56. The molecule has 4 rings (SSSR count). The number of allylic oxidation sites excluding steroid dienone is 1. The number of thioether (sulfide) groups is 1. The van der Waals surface area contributed by atoms with E-state index in [1.165, 1.54) is 12.0 Å². The summed E-state index contributed by atoms with van der Waals surface area (Å²) >= 11 is 1.55. The van der Waals surface area contributed by atoms with Crippen LogP contribution in [0.25, 0.3) is 6.08 Å². The molecule has 5 heteroatoms. The monoisotopic (exact) mass is 393 g/mol. The number of hydrogen-bond donors (Lipinski definition) is 0. The van der Waals surface area contributed by atoms with Crippen LogP contribution in [0.5, 0.6) is 0 Å². The number of fused-ring (bicyclic) bond motifs is 1. The average Bonchev–Trinajstić information content (AvgIpc) is 2.72. The molecule has 1 aromatic rings. The Bertz CT molecular complexity index is 949. The van der Waals surface area contributed by atoms with Crippen molar-refractivity contribution in [2.75, 3.05) is 20.1 Å². The van der Waals surface area contributed by atoms with E-state index in [9.17, 15) is 9.59 Å². The molecule has 1 atom stereocenters. The number of hydrogen-bond acceptors (Lipinski definition) is 3. The maximum atomic E-state index is 12.9. The SMILES string of the molecule is Cc1cccc(/C=C2\SC3C=CC(C(=O)N4CCCCC4)=CC3=[N+](C)C2=O)c1. The number of carbonyl (C=O) groups excluding carboxylic acids is 2. The van der Waals surface area contributed by atoms with Crippen LogP contribution in [0.3, 0.4) is 0 Å². The van der Waals surface area contributed by atoms with Gasteiger partial charge in [0.15, 0.2) is 0 Å². The molecule has 0 aromatic heterocycles. The molecule has 144 valence electrons. The van der Waals surface area contributed by atoms with Crippen molar-refractivity contribution in [2.45, 2.75) is 31.4 Å². The van der Waals surface area contributed by atoms with E-state index in [-0.39, 0.29) is 17.1 Å². The number of aryl methyl sites for hydroxylation is 1. The van der Waals surface area contributed by atoms with E-state index in [1.807, 2.05) is 54.3 Å². The molecule has 1 aromatic carbocycles. The number of likely N-dealkylation sites (N-methyl/N-ethyl adjacent to an activating group) is 1. The quantitative estimate of drug-likeness (QED) is 0.570. The summed E-state index contributed by atoms with van der Waals surface area (Å²) < 4.78 is 1.69. The first-order chi connectivity index (χ1) is 13.5. The van der Waals surface area contributed by atoms with E-state index in [1.54, 1.807) is 23.4 Å². The number of amides is 2.